The number of benzene rings is 4. The molecular weight excluding hydrogens is 596 g/mol. The molecule has 1 aliphatic rings. The van der Waals surface area contributed by atoms with Crippen molar-refractivity contribution in [2.45, 2.75) is 56.4 Å². The van der Waals surface area contributed by atoms with Crippen LogP contribution in [0.5, 0.6) is 5.75 Å². The second kappa shape index (κ2) is 15.2. The number of nitrogens with zero attached hydrogens (tertiary/aromatic N) is 1. The molecule has 0 radical (unpaired) electrons. The molecule has 4 aromatic carbocycles. The predicted octanol–water partition coefficient (Wildman–Crippen LogP) is 2.76. The van der Waals surface area contributed by atoms with Gasteiger partial charge in [-0.15, -0.1) is 0 Å². The van der Waals surface area contributed by atoms with Crippen molar-refractivity contribution in [3.63, 3.8) is 0 Å². The molecule has 242 valence electrons. The Morgan fingerprint density at radius 1 is 0.702 bits per heavy atom. The van der Waals surface area contributed by atoms with Crippen LogP contribution in [0.1, 0.15) is 27.8 Å². The number of nitrogens with two attached hydrogens (primary N) is 1. The molecular formula is C37H38N4O6. The SMILES string of the molecule is N[C@H](Cc1ccc(O)cc1)C(=O)N1Cc2ccccc2C[C@@H]1C(=O)N[C@@H](Cc1ccccc1)C(=O)N[C@H](Cc1ccccc1)C(=O)O. The number of aromatic hydroxyl groups is 1. The predicted molar refractivity (Wildman–Crippen MR) is 176 cm³/mol. The van der Waals surface area contributed by atoms with E-state index in [9.17, 15) is 29.4 Å². The molecule has 10 heteroatoms. The number of phenolic OH excluding ortho intramolecular Hbond substituents is 1. The van der Waals surface area contributed by atoms with Gasteiger partial charge in [-0.2, -0.15) is 0 Å². The standard InChI is InChI=1S/C37H38N4O6/c38-30(19-26-15-17-29(42)18-16-26)36(45)41-23-28-14-8-7-13-27(28)22-33(41)35(44)39-31(20-24-9-3-1-4-10-24)34(43)40-32(37(46)47)21-25-11-5-2-6-12-25/h1-18,30-33,42H,19-23,38H2,(H,39,44)(H,40,43)(H,46,47)/t30-,31+,32-,33-/m1/s1. The molecule has 1 aliphatic heterocycles. The molecule has 0 spiro atoms. The second-order valence-electron chi connectivity index (χ2n) is 11.8. The van der Waals surface area contributed by atoms with Gasteiger partial charge in [0.25, 0.3) is 0 Å². The second-order valence-corrected chi connectivity index (χ2v) is 11.8. The summed E-state index contributed by atoms with van der Waals surface area (Å²) in [5.74, 6) is -2.72. The van der Waals surface area contributed by atoms with Crippen LogP contribution < -0.4 is 16.4 Å². The first-order valence-corrected chi connectivity index (χ1v) is 15.5. The topological polar surface area (TPSA) is 162 Å². The molecule has 1 heterocycles. The number of rotatable bonds is 12. The Kier molecular flexibility index (Phi) is 10.6. The third-order valence-electron chi connectivity index (χ3n) is 8.36. The number of fused-ring (bicyclic) bond motifs is 1. The number of carbonyl (C=O) groups is 4. The number of carboxylic acids is 1. The summed E-state index contributed by atoms with van der Waals surface area (Å²) >= 11 is 0. The summed E-state index contributed by atoms with van der Waals surface area (Å²) in [6.07, 6.45) is 0.579. The van der Waals surface area contributed by atoms with E-state index in [4.69, 9.17) is 5.73 Å². The average Bonchev–Trinajstić information content (AvgIpc) is 3.08. The fourth-order valence-corrected chi connectivity index (χ4v) is 5.82. The summed E-state index contributed by atoms with van der Waals surface area (Å²) in [7, 11) is 0. The van der Waals surface area contributed by atoms with Gasteiger partial charge >= 0.3 is 5.97 Å². The van der Waals surface area contributed by atoms with Gasteiger partial charge in [0, 0.05) is 25.8 Å². The van der Waals surface area contributed by atoms with Crippen LogP contribution in [0.4, 0.5) is 0 Å². The van der Waals surface area contributed by atoms with Crippen molar-refractivity contribution in [2.24, 2.45) is 5.73 Å². The van der Waals surface area contributed by atoms with E-state index in [0.29, 0.717) is 0 Å². The van der Waals surface area contributed by atoms with Gasteiger partial charge in [0.15, 0.2) is 0 Å². The van der Waals surface area contributed by atoms with Crippen molar-refractivity contribution in [1.82, 2.24) is 15.5 Å². The van der Waals surface area contributed by atoms with Gasteiger partial charge in [0.2, 0.25) is 17.7 Å². The third-order valence-corrected chi connectivity index (χ3v) is 8.36. The zero-order valence-corrected chi connectivity index (χ0v) is 25.8. The molecule has 0 saturated heterocycles. The van der Waals surface area contributed by atoms with Crippen molar-refractivity contribution < 1.29 is 29.4 Å². The van der Waals surface area contributed by atoms with Gasteiger partial charge in [-0.25, -0.2) is 4.79 Å². The summed E-state index contributed by atoms with van der Waals surface area (Å²) in [5.41, 5.74) is 10.4. The molecule has 4 aromatic rings. The highest BCUT2D eigenvalue weighted by atomic mass is 16.4. The molecule has 0 aliphatic carbocycles. The van der Waals surface area contributed by atoms with E-state index in [1.165, 1.54) is 17.0 Å². The summed E-state index contributed by atoms with van der Waals surface area (Å²) < 4.78 is 0. The largest absolute Gasteiger partial charge is 0.508 e. The summed E-state index contributed by atoms with van der Waals surface area (Å²) in [5, 5.41) is 25.0. The molecule has 5 rings (SSSR count). The lowest BCUT2D eigenvalue weighted by Crippen LogP contribution is -2.60. The van der Waals surface area contributed by atoms with E-state index in [0.717, 1.165) is 27.8 Å². The minimum atomic E-state index is -1.22. The molecule has 0 fully saturated rings. The third kappa shape index (κ3) is 8.62. The molecule has 0 saturated carbocycles. The van der Waals surface area contributed by atoms with Crippen molar-refractivity contribution >= 4 is 23.7 Å². The van der Waals surface area contributed by atoms with Gasteiger partial charge in [-0.3, -0.25) is 14.4 Å². The van der Waals surface area contributed by atoms with Crippen LogP contribution in [-0.4, -0.2) is 63.0 Å². The highest BCUT2D eigenvalue weighted by molar-refractivity contribution is 5.94. The van der Waals surface area contributed by atoms with E-state index in [2.05, 4.69) is 10.6 Å². The number of phenols is 1. The normalized spacial score (nSPS) is 15.9. The van der Waals surface area contributed by atoms with E-state index in [-0.39, 0.29) is 38.0 Å². The highest BCUT2D eigenvalue weighted by Gasteiger charge is 2.38. The Morgan fingerprint density at radius 2 is 1.23 bits per heavy atom. The van der Waals surface area contributed by atoms with Crippen LogP contribution in [0.25, 0.3) is 0 Å². The van der Waals surface area contributed by atoms with E-state index in [1.807, 2.05) is 60.7 Å². The van der Waals surface area contributed by atoms with E-state index in [1.54, 1.807) is 36.4 Å². The van der Waals surface area contributed by atoms with Crippen LogP contribution in [0.3, 0.4) is 0 Å². The minimum Gasteiger partial charge on any atom is -0.508 e. The number of carboxylic acid groups (broad SMARTS) is 1. The number of carbonyl (C=O) groups excluding carboxylic acids is 3. The Bertz CT molecular complexity index is 1700. The Morgan fingerprint density at radius 3 is 1.83 bits per heavy atom. The number of hydrogen-bond donors (Lipinski definition) is 5. The Hall–Kier alpha value is -5.48. The lowest BCUT2D eigenvalue weighted by molar-refractivity contribution is -0.144. The monoisotopic (exact) mass is 634 g/mol. The Labute approximate surface area is 273 Å². The number of nitrogens with one attached hydrogen (secondary N) is 2. The van der Waals surface area contributed by atoms with Gasteiger partial charge in [0.1, 0.15) is 23.9 Å². The van der Waals surface area contributed by atoms with Crippen LogP contribution in [-0.2, 0) is 51.4 Å². The van der Waals surface area contributed by atoms with Crippen molar-refractivity contribution in [3.05, 3.63) is 137 Å². The van der Waals surface area contributed by atoms with Crippen LogP contribution in [0.15, 0.2) is 109 Å². The number of amides is 3. The molecule has 0 bridgehead atoms. The molecule has 10 nitrogen and oxygen atoms in total. The summed E-state index contributed by atoms with van der Waals surface area (Å²) in [6.45, 7) is 0.157. The Balaban J connectivity index is 1.38. The summed E-state index contributed by atoms with van der Waals surface area (Å²) in [4.78, 5) is 55.2. The fraction of sp³-hybridized carbons (Fsp3) is 0.243. The quantitative estimate of drug-likeness (QED) is 0.160. The molecule has 0 unspecified atom stereocenters. The maximum Gasteiger partial charge on any atom is 0.326 e. The van der Waals surface area contributed by atoms with E-state index < -0.39 is 47.9 Å². The zero-order chi connectivity index (χ0) is 33.3. The fourth-order valence-electron chi connectivity index (χ4n) is 5.82. The molecule has 47 heavy (non-hydrogen) atoms. The maximum absolute atomic E-state index is 14.1. The lowest BCUT2D eigenvalue weighted by Gasteiger charge is -2.38. The lowest BCUT2D eigenvalue weighted by atomic mass is 9.92. The first kappa shape index (κ1) is 32.9. The van der Waals surface area contributed by atoms with Crippen LogP contribution >= 0.6 is 0 Å². The minimum absolute atomic E-state index is 0.0640. The first-order chi connectivity index (χ1) is 22.7. The first-order valence-electron chi connectivity index (χ1n) is 15.5. The maximum atomic E-state index is 14.1. The average molecular weight is 635 g/mol. The van der Waals surface area contributed by atoms with Crippen molar-refractivity contribution in [2.75, 3.05) is 0 Å². The van der Waals surface area contributed by atoms with Gasteiger partial charge < -0.3 is 31.5 Å². The number of hydrogen-bond acceptors (Lipinski definition) is 6. The molecule has 0 aromatic heterocycles. The zero-order valence-electron chi connectivity index (χ0n) is 25.8. The molecule has 4 atom stereocenters. The van der Waals surface area contributed by atoms with Crippen molar-refractivity contribution in [1.29, 1.82) is 0 Å². The molecule has 6 N–H and O–H groups in total. The van der Waals surface area contributed by atoms with E-state index >= 15 is 0 Å². The molecule has 3 amide bonds. The van der Waals surface area contributed by atoms with Gasteiger partial charge in [-0.05, 0) is 46.4 Å². The van der Waals surface area contributed by atoms with Crippen molar-refractivity contribution in [3.8, 4) is 5.75 Å². The smallest absolute Gasteiger partial charge is 0.326 e. The highest BCUT2D eigenvalue weighted by Crippen LogP contribution is 2.25. The van der Waals surface area contributed by atoms with Crippen LogP contribution in [0.2, 0.25) is 0 Å². The van der Waals surface area contributed by atoms with Crippen LogP contribution in [0, 0.1) is 0 Å². The summed E-state index contributed by atoms with van der Waals surface area (Å²) in [6, 6.07) is 27.8. The van der Waals surface area contributed by atoms with Gasteiger partial charge in [0.05, 0.1) is 6.04 Å². The van der Waals surface area contributed by atoms with Gasteiger partial charge in [-0.1, -0.05) is 97.1 Å². The number of aliphatic carboxylic acids is 1.